The molecule has 9 heteroatoms. The number of aromatic amines is 1. The molecule has 1 saturated heterocycles. The van der Waals surface area contributed by atoms with Crippen LogP contribution in [-0.2, 0) is 16.1 Å². The maximum atomic E-state index is 12.7. The predicted molar refractivity (Wildman–Crippen MR) is 114 cm³/mol. The molecule has 1 aliphatic heterocycles. The molecule has 2 aromatic rings. The number of carbonyl (C=O) groups is 3. The average Bonchev–Trinajstić information content (AvgIpc) is 3.32. The van der Waals surface area contributed by atoms with E-state index in [1.807, 2.05) is 13.0 Å². The van der Waals surface area contributed by atoms with Gasteiger partial charge in [-0.3, -0.25) is 19.3 Å². The van der Waals surface area contributed by atoms with E-state index in [0.29, 0.717) is 42.5 Å². The van der Waals surface area contributed by atoms with E-state index in [9.17, 15) is 19.2 Å². The molecule has 0 bridgehead atoms. The summed E-state index contributed by atoms with van der Waals surface area (Å²) in [7, 11) is 0. The molecular formula is C22H27N5O4. The van der Waals surface area contributed by atoms with Crippen molar-refractivity contribution in [3.8, 4) is 0 Å². The van der Waals surface area contributed by atoms with Crippen LogP contribution in [0, 0.1) is 0 Å². The number of nitrogens with zero attached hydrogens (tertiary/aromatic N) is 3. The molecule has 2 heterocycles. The third kappa shape index (κ3) is 4.04. The number of aromatic nitrogens is 2. The number of benzene rings is 1. The van der Waals surface area contributed by atoms with Gasteiger partial charge in [0.15, 0.2) is 0 Å². The van der Waals surface area contributed by atoms with Crippen LogP contribution in [0.2, 0.25) is 0 Å². The number of hydrogen-bond acceptors (Lipinski definition) is 5. The lowest BCUT2D eigenvalue weighted by molar-refractivity contribution is -0.133. The summed E-state index contributed by atoms with van der Waals surface area (Å²) in [6.07, 6.45) is 3.85. The zero-order chi connectivity index (χ0) is 22.0. The lowest BCUT2D eigenvalue weighted by Crippen LogP contribution is -2.44. The molecule has 0 radical (unpaired) electrons. The first kappa shape index (κ1) is 21.0. The van der Waals surface area contributed by atoms with Crippen molar-refractivity contribution in [2.45, 2.75) is 57.5 Å². The van der Waals surface area contributed by atoms with Crippen LogP contribution >= 0.6 is 0 Å². The fourth-order valence-corrected chi connectivity index (χ4v) is 4.51. The second-order valence-corrected chi connectivity index (χ2v) is 8.22. The smallest absolute Gasteiger partial charge is 0.325 e. The molecule has 1 spiro atoms. The minimum absolute atomic E-state index is 0.110. The van der Waals surface area contributed by atoms with Gasteiger partial charge in [-0.05, 0) is 38.3 Å². The summed E-state index contributed by atoms with van der Waals surface area (Å²) >= 11 is 0. The number of rotatable bonds is 7. The maximum Gasteiger partial charge on any atom is 0.325 e. The molecule has 1 aromatic carbocycles. The fourth-order valence-electron chi connectivity index (χ4n) is 4.51. The van der Waals surface area contributed by atoms with Crippen LogP contribution in [0.15, 0.2) is 29.1 Å². The van der Waals surface area contributed by atoms with Gasteiger partial charge in [0.1, 0.15) is 11.4 Å². The van der Waals surface area contributed by atoms with Gasteiger partial charge in [0.05, 0.1) is 17.4 Å². The van der Waals surface area contributed by atoms with Gasteiger partial charge in [-0.2, -0.15) is 0 Å². The third-order valence-electron chi connectivity index (χ3n) is 6.21. The molecule has 9 nitrogen and oxygen atoms in total. The van der Waals surface area contributed by atoms with E-state index in [0.717, 1.165) is 12.8 Å². The van der Waals surface area contributed by atoms with E-state index in [-0.39, 0.29) is 42.9 Å². The Kier molecular flexibility index (Phi) is 5.75. The van der Waals surface area contributed by atoms with Gasteiger partial charge in [-0.15, -0.1) is 0 Å². The molecule has 1 aromatic heterocycles. The molecule has 31 heavy (non-hydrogen) atoms. The van der Waals surface area contributed by atoms with Gasteiger partial charge in [-0.1, -0.05) is 25.0 Å². The Morgan fingerprint density at radius 2 is 1.94 bits per heavy atom. The van der Waals surface area contributed by atoms with E-state index in [4.69, 9.17) is 0 Å². The van der Waals surface area contributed by atoms with E-state index >= 15 is 0 Å². The first-order chi connectivity index (χ1) is 14.9. The zero-order valence-corrected chi connectivity index (χ0v) is 17.6. The molecule has 1 aliphatic carbocycles. The number of para-hydroxylation sites is 1. The molecule has 2 N–H and O–H groups in total. The van der Waals surface area contributed by atoms with Crippen molar-refractivity contribution in [3.05, 3.63) is 40.4 Å². The fraction of sp³-hybridized carbons (Fsp3) is 0.500. The SMILES string of the molecule is CCN(Cc1nc2ccccc2c(=O)[nH]1)C(=O)CCCN1C(=O)NC2(CCCC2)C1=O. The van der Waals surface area contributed by atoms with Crippen molar-refractivity contribution < 1.29 is 14.4 Å². The third-order valence-corrected chi connectivity index (χ3v) is 6.21. The summed E-state index contributed by atoms with van der Waals surface area (Å²) in [5.41, 5.74) is -0.364. The van der Waals surface area contributed by atoms with Crippen molar-refractivity contribution in [2.24, 2.45) is 0 Å². The Morgan fingerprint density at radius 1 is 1.19 bits per heavy atom. The normalized spacial score (nSPS) is 17.5. The standard InChI is InChI=1S/C22H27N5O4/c1-2-26(14-17-23-16-9-4-3-8-15(16)19(29)24-17)18(28)10-7-13-27-20(30)22(25-21(27)31)11-5-6-12-22/h3-4,8-9H,2,5-7,10-14H2,1H3,(H,25,31)(H,23,24,29). The highest BCUT2D eigenvalue weighted by Crippen LogP contribution is 2.35. The number of H-pyrrole nitrogens is 1. The number of hydrogen-bond donors (Lipinski definition) is 2. The van der Waals surface area contributed by atoms with Crippen molar-refractivity contribution >= 4 is 28.7 Å². The minimum Gasteiger partial charge on any atom is -0.336 e. The van der Waals surface area contributed by atoms with Crippen molar-refractivity contribution in [1.82, 2.24) is 25.1 Å². The minimum atomic E-state index is -0.718. The van der Waals surface area contributed by atoms with E-state index in [2.05, 4.69) is 15.3 Å². The molecule has 0 atom stereocenters. The Bertz CT molecular complexity index is 1070. The van der Waals surface area contributed by atoms with Gasteiger partial charge in [-0.25, -0.2) is 9.78 Å². The number of fused-ring (bicyclic) bond motifs is 1. The lowest BCUT2D eigenvalue weighted by Gasteiger charge is -2.22. The van der Waals surface area contributed by atoms with Crippen LogP contribution in [0.4, 0.5) is 4.79 Å². The Hall–Kier alpha value is -3.23. The summed E-state index contributed by atoms with van der Waals surface area (Å²) in [5, 5.41) is 3.36. The Balaban J connectivity index is 1.35. The quantitative estimate of drug-likeness (QED) is 0.658. The number of nitrogens with one attached hydrogen (secondary N) is 2. The van der Waals surface area contributed by atoms with Gasteiger partial charge in [0.25, 0.3) is 11.5 Å². The van der Waals surface area contributed by atoms with Crippen LogP contribution in [0.5, 0.6) is 0 Å². The second-order valence-electron chi connectivity index (χ2n) is 8.22. The van der Waals surface area contributed by atoms with Crippen LogP contribution in [0.3, 0.4) is 0 Å². The second kappa shape index (κ2) is 8.49. The lowest BCUT2D eigenvalue weighted by atomic mass is 9.98. The molecule has 164 valence electrons. The summed E-state index contributed by atoms with van der Waals surface area (Å²) in [4.78, 5) is 60.0. The molecule has 1 saturated carbocycles. The summed E-state index contributed by atoms with van der Waals surface area (Å²) < 4.78 is 0. The Morgan fingerprint density at radius 3 is 2.68 bits per heavy atom. The van der Waals surface area contributed by atoms with Crippen LogP contribution in [0.1, 0.15) is 51.3 Å². The van der Waals surface area contributed by atoms with E-state index in [1.165, 1.54) is 4.90 Å². The maximum absolute atomic E-state index is 12.7. The summed E-state index contributed by atoms with van der Waals surface area (Å²) in [6.45, 7) is 2.74. The monoisotopic (exact) mass is 425 g/mol. The molecule has 0 unspecified atom stereocenters. The summed E-state index contributed by atoms with van der Waals surface area (Å²) in [6, 6.07) is 6.71. The number of amides is 4. The largest absolute Gasteiger partial charge is 0.336 e. The molecule has 4 rings (SSSR count). The number of carbonyl (C=O) groups excluding carboxylic acids is 3. The zero-order valence-electron chi connectivity index (χ0n) is 17.6. The summed E-state index contributed by atoms with van der Waals surface area (Å²) in [5.74, 6) is 0.157. The first-order valence-electron chi connectivity index (χ1n) is 10.8. The van der Waals surface area contributed by atoms with Crippen molar-refractivity contribution in [1.29, 1.82) is 0 Å². The van der Waals surface area contributed by atoms with Gasteiger partial charge >= 0.3 is 6.03 Å². The van der Waals surface area contributed by atoms with Crippen LogP contribution < -0.4 is 10.9 Å². The van der Waals surface area contributed by atoms with Gasteiger partial charge in [0.2, 0.25) is 5.91 Å². The molecule has 4 amide bonds. The van der Waals surface area contributed by atoms with E-state index in [1.54, 1.807) is 23.1 Å². The number of urea groups is 1. The average molecular weight is 425 g/mol. The van der Waals surface area contributed by atoms with Gasteiger partial charge < -0.3 is 15.2 Å². The molecule has 2 fully saturated rings. The van der Waals surface area contributed by atoms with Crippen molar-refractivity contribution in [3.63, 3.8) is 0 Å². The highest BCUT2D eigenvalue weighted by Gasteiger charge is 2.52. The topological polar surface area (TPSA) is 115 Å². The van der Waals surface area contributed by atoms with Crippen LogP contribution in [0.25, 0.3) is 10.9 Å². The van der Waals surface area contributed by atoms with E-state index < -0.39 is 5.54 Å². The highest BCUT2D eigenvalue weighted by molar-refractivity contribution is 6.07. The van der Waals surface area contributed by atoms with Gasteiger partial charge in [0, 0.05) is 19.5 Å². The number of imide groups is 1. The first-order valence-corrected chi connectivity index (χ1v) is 10.8. The predicted octanol–water partition coefficient (Wildman–Crippen LogP) is 1.92. The highest BCUT2D eigenvalue weighted by atomic mass is 16.2. The molecule has 2 aliphatic rings. The van der Waals surface area contributed by atoms with Crippen molar-refractivity contribution in [2.75, 3.05) is 13.1 Å². The van der Waals surface area contributed by atoms with Crippen LogP contribution in [-0.4, -0.2) is 56.2 Å². The molecular weight excluding hydrogens is 398 g/mol. The Labute approximate surface area is 179 Å².